The number of amides is 1. The number of rotatable bonds is 5. The van der Waals surface area contributed by atoms with Crippen molar-refractivity contribution in [3.05, 3.63) is 52.3 Å². The van der Waals surface area contributed by atoms with Crippen LogP contribution < -0.4 is 10.6 Å². The van der Waals surface area contributed by atoms with E-state index in [-0.39, 0.29) is 11.9 Å². The maximum atomic E-state index is 12.0. The molecule has 0 aliphatic rings. The predicted molar refractivity (Wildman–Crippen MR) is 91.2 cm³/mol. The average Bonchev–Trinajstić information content (AvgIpc) is 2.51. The van der Waals surface area contributed by atoms with Gasteiger partial charge in [-0.15, -0.1) is 0 Å². The number of nitrogens with one attached hydrogen (secondary N) is 2. The summed E-state index contributed by atoms with van der Waals surface area (Å²) in [4.78, 5) is 16.1. The summed E-state index contributed by atoms with van der Waals surface area (Å²) in [7, 11) is 0. The summed E-state index contributed by atoms with van der Waals surface area (Å²) in [5, 5.41) is 7.01. The monoisotopic (exact) mass is 337 g/mol. The SMILES string of the molecule is CCC(C)NC(=O)c1ccc(Nc2c(Cl)cccc2Cl)cn1. The molecule has 116 valence electrons. The van der Waals surface area contributed by atoms with Gasteiger partial charge in [0, 0.05) is 6.04 Å². The number of pyridine rings is 1. The molecule has 1 atom stereocenters. The Morgan fingerprint density at radius 2 is 1.91 bits per heavy atom. The number of anilines is 2. The molecule has 6 heteroatoms. The Morgan fingerprint density at radius 1 is 1.23 bits per heavy atom. The molecule has 0 saturated heterocycles. The minimum Gasteiger partial charge on any atom is -0.352 e. The van der Waals surface area contributed by atoms with Crippen LogP contribution in [0.4, 0.5) is 11.4 Å². The van der Waals surface area contributed by atoms with Crippen LogP contribution in [0.1, 0.15) is 30.8 Å². The van der Waals surface area contributed by atoms with Crippen molar-refractivity contribution in [1.29, 1.82) is 0 Å². The van der Waals surface area contributed by atoms with E-state index < -0.39 is 0 Å². The minimum atomic E-state index is -0.184. The zero-order chi connectivity index (χ0) is 16.1. The van der Waals surface area contributed by atoms with Crippen LogP contribution in [-0.4, -0.2) is 16.9 Å². The van der Waals surface area contributed by atoms with Gasteiger partial charge < -0.3 is 10.6 Å². The summed E-state index contributed by atoms with van der Waals surface area (Å²) >= 11 is 12.2. The molecule has 1 heterocycles. The number of hydrogen-bond acceptors (Lipinski definition) is 3. The second-order valence-electron chi connectivity index (χ2n) is 4.94. The Balaban J connectivity index is 2.11. The number of halogens is 2. The van der Waals surface area contributed by atoms with Crippen LogP contribution in [0.3, 0.4) is 0 Å². The van der Waals surface area contributed by atoms with Crippen LogP contribution >= 0.6 is 23.2 Å². The molecule has 4 nitrogen and oxygen atoms in total. The number of aromatic nitrogens is 1. The number of para-hydroxylation sites is 1. The van der Waals surface area contributed by atoms with E-state index >= 15 is 0 Å². The molecular weight excluding hydrogens is 321 g/mol. The van der Waals surface area contributed by atoms with Crippen molar-refractivity contribution in [3.8, 4) is 0 Å². The molecule has 1 amide bonds. The van der Waals surface area contributed by atoms with Crippen molar-refractivity contribution in [1.82, 2.24) is 10.3 Å². The van der Waals surface area contributed by atoms with Crippen molar-refractivity contribution < 1.29 is 4.79 Å². The highest BCUT2D eigenvalue weighted by atomic mass is 35.5. The lowest BCUT2D eigenvalue weighted by Crippen LogP contribution is -2.32. The summed E-state index contributed by atoms with van der Waals surface area (Å²) < 4.78 is 0. The standard InChI is InChI=1S/C16H17Cl2N3O/c1-3-10(2)20-16(22)14-8-7-11(9-19-14)21-15-12(17)5-4-6-13(15)18/h4-10,21H,3H2,1-2H3,(H,20,22). The number of hydrogen-bond donors (Lipinski definition) is 2. The molecule has 0 aliphatic carbocycles. The van der Waals surface area contributed by atoms with Gasteiger partial charge in [0.25, 0.3) is 5.91 Å². The topological polar surface area (TPSA) is 54.0 Å². The van der Waals surface area contributed by atoms with Crippen LogP contribution in [0.15, 0.2) is 36.5 Å². The number of carbonyl (C=O) groups is 1. The molecule has 22 heavy (non-hydrogen) atoms. The fourth-order valence-corrected chi connectivity index (χ4v) is 2.26. The van der Waals surface area contributed by atoms with Gasteiger partial charge in [-0.2, -0.15) is 0 Å². The van der Waals surface area contributed by atoms with Gasteiger partial charge in [0.1, 0.15) is 5.69 Å². The van der Waals surface area contributed by atoms with E-state index in [0.29, 0.717) is 27.1 Å². The lowest BCUT2D eigenvalue weighted by molar-refractivity contribution is 0.0934. The highest BCUT2D eigenvalue weighted by Gasteiger charge is 2.10. The van der Waals surface area contributed by atoms with Gasteiger partial charge in [-0.25, -0.2) is 4.98 Å². The van der Waals surface area contributed by atoms with Crippen molar-refractivity contribution >= 4 is 40.5 Å². The maximum absolute atomic E-state index is 12.0. The van der Waals surface area contributed by atoms with Crippen molar-refractivity contribution in [2.45, 2.75) is 26.3 Å². The fraction of sp³-hybridized carbons (Fsp3) is 0.250. The summed E-state index contributed by atoms with van der Waals surface area (Å²) in [6, 6.07) is 8.81. The third-order valence-corrected chi connectivity index (χ3v) is 3.85. The summed E-state index contributed by atoms with van der Waals surface area (Å²) in [5.74, 6) is -0.184. The largest absolute Gasteiger partial charge is 0.352 e. The highest BCUT2D eigenvalue weighted by molar-refractivity contribution is 6.39. The van der Waals surface area contributed by atoms with E-state index in [2.05, 4.69) is 15.6 Å². The number of carbonyl (C=O) groups excluding carboxylic acids is 1. The van der Waals surface area contributed by atoms with Crippen LogP contribution in [0.2, 0.25) is 10.0 Å². The Kier molecular flexibility index (Phi) is 5.63. The summed E-state index contributed by atoms with van der Waals surface area (Å²) in [6.45, 7) is 3.96. The third-order valence-electron chi connectivity index (χ3n) is 3.22. The van der Waals surface area contributed by atoms with Crippen LogP contribution in [0.25, 0.3) is 0 Å². The molecule has 1 aromatic carbocycles. The second kappa shape index (κ2) is 7.47. The van der Waals surface area contributed by atoms with Gasteiger partial charge >= 0.3 is 0 Å². The molecule has 0 aliphatic heterocycles. The van der Waals surface area contributed by atoms with Crippen molar-refractivity contribution in [3.63, 3.8) is 0 Å². The lowest BCUT2D eigenvalue weighted by Gasteiger charge is -2.12. The Labute approximate surface area is 139 Å². The van der Waals surface area contributed by atoms with E-state index in [1.807, 2.05) is 13.8 Å². The second-order valence-corrected chi connectivity index (χ2v) is 5.75. The minimum absolute atomic E-state index is 0.119. The van der Waals surface area contributed by atoms with E-state index in [1.165, 1.54) is 0 Å². The van der Waals surface area contributed by atoms with E-state index in [0.717, 1.165) is 6.42 Å². The Bertz CT molecular complexity index is 639. The van der Waals surface area contributed by atoms with Gasteiger partial charge in [0.05, 0.1) is 27.6 Å². The first-order valence-electron chi connectivity index (χ1n) is 6.99. The van der Waals surface area contributed by atoms with E-state index in [9.17, 15) is 4.79 Å². The predicted octanol–water partition coefficient (Wildman–Crippen LogP) is 4.66. The van der Waals surface area contributed by atoms with Gasteiger partial charge in [-0.05, 0) is 37.6 Å². The van der Waals surface area contributed by atoms with E-state index in [1.54, 1.807) is 36.5 Å². The molecule has 0 fully saturated rings. The first-order chi connectivity index (χ1) is 10.5. The van der Waals surface area contributed by atoms with Gasteiger partial charge in [-0.3, -0.25) is 4.79 Å². The Hall–Kier alpha value is -1.78. The first kappa shape index (κ1) is 16.6. The first-order valence-corrected chi connectivity index (χ1v) is 7.74. The molecule has 2 N–H and O–H groups in total. The molecule has 2 aromatic rings. The summed E-state index contributed by atoms with van der Waals surface area (Å²) in [6.07, 6.45) is 2.45. The number of nitrogens with zero attached hydrogens (tertiary/aromatic N) is 1. The summed E-state index contributed by atoms with van der Waals surface area (Å²) in [5.41, 5.74) is 1.69. The lowest BCUT2D eigenvalue weighted by atomic mass is 10.2. The van der Waals surface area contributed by atoms with Crippen LogP contribution in [0.5, 0.6) is 0 Å². The normalized spacial score (nSPS) is 11.8. The molecule has 0 bridgehead atoms. The Morgan fingerprint density at radius 3 is 2.45 bits per heavy atom. The van der Waals surface area contributed by atoms with Crippen molar-refractivity contribution in [2.24, 2.45) is 0 Å². The maximum Gasteiger partial charge on any atom is 0.270 e. The molecule has 1 unspecified atom stereocenters. The smallest absolute Gasteiger partial charge is 0.270 e. The molecule has 1 aromatic heterocycles. The van der Waals surface area contributed by atoms with Crippen LogP contribution in [0, 0.1) is 0 Å². The molecular formula is C16H17Cl2N3O. The molecule has 0 radical (unpaired) electrons. The fourth-order valence-electron chi connectivity index (χ4n) is 1.76. The van der Waals surface area contributed by atoms with Crippen molar-refractivity contribution in [2.75, 3.05) is 5.32 Å². The zero-order valence-corrected chi connectivity index (χ0v) is 13.9. The highest BCUT2D eigenvalue weighted by Crippen LogP contribution is 2.32. The van der Waals surface area contributed by atoms with Crippen LogP contribution in [-0.2, 0) is 0 Å². The quantitative estimate of drug-likeness (QED) is 0.834. The number of benzene rings is 1. The molecule has 0 spiro atoms. The molecule has 0 saturated carbocycles. The van der Waals surface area contributed by atoms with Gasteiger partial charge in [0.2, 0.25) is 0 Å². The average molecular weight is 338 g/mol. The zero-order valence-electron chi connectivity index (χ0n) is 12.4. The van der Waals surface area contributed by atoms with Gasteiger partial charge in [0.15, 0.2) is 0 Å². The van der Waals surface area contributed by atoms with E-state index in [4.69, 9.17) is 23.2 Å². The van der Waals surface area contributed by atoms with Gasteiger partial charge in [-0.1, -0.05) is 36.2 Å². The third kappa shape index (κ3) is 4.12. The molecule has 2 rings (SSSR count).